The predicted octanol–water partition coefficient (Wildman–Crippen LogP) is 5.33. The van der Waals surface area contributed by atoms with Crippen LogP contribution in [0.1, 0.15) is 26.2 Å². The number of alkyl halides is 6. The molecule has 0 aliphatic carbocycles. The first-order valence-corrected chi connectivity index (χ1v) is 6.14. The Bertz CT molecular complexity index is 150. The molecule has 0 aliphatic rings. The van der Waals surface area contributed by atoms with Crippen molar-refractivity contribution in [2.75, 3.05) is 0 Å². The van der Waals surface area contributed by atoms with Crippen LogP contribution in [-0.2, 0) is 0 Å². The highest BCUT2D eigenvalue weighted by Gasteiger charge is 2.50. The molecular weight excluding hydrogens is 297 g/mol. The number of rotatable bonds is 4. The van der Waals surface area contributed by atoms with Crippen LogP contribution in [-0.4, -0.2) is 13.5 Å². The summed E-state index contributed by atoms with van der Waals surface area (Å²) in [5.41, 5.74) is 0. The normalized spacial score (nSPS) is 15.9. The third-order valence-electron chi connectivity index (χ3n) is 1.58. The quantitative estimate of drug-likeness (QED) is 0.616. The van der Waals surface area contributed by atoms with E-state index in [0.29, 0.717) is 6.42 Å². The molecule has 0 aromatic rings. The zero-order valence-electron chi connectivity index (χ0n) is 6.97. The van der Waals surface area contributed by atoms with Crippen LogP contribution in [0.5, 0.6) is 0 Å². The molecule has 0 radical (unpaired) electrons. The van der Waals surface area contributed by atoms with E-state index in [-0.39, 0.29) is 0 Å². The van der Waals surface area contributed by atoms with Gasteiger partial charge in [0.2, 0.25) is 3.79 Å². The Hall–Kier alpha value is 1.74. The number of unbranched alkanes of at least 4 members (excludes halogenated alkanes) is 1. The molecule has 0 aromatic carbocycles. The first-order chi connectivity index (χ1) is 5.73. The van der Waals surface area contributed by atoms with Crippen LogP contribution in [0.25, 0.3) is 0 Å². The molecule has 0 saturated carbocycles. The molecule has 0 aliphatic heterocycles. The van der Waals surface area contributed by atoms with Crippen LogP contribution in [0, 0.1) is 0 Å². The van der Waals surface area contributed by atoms with E-state index in [0.717, 1.165) is 12.8 Å². The van der Waals surface area contributed by atoms with Gasteiger partial charge in [0.1, 0.15) is 0 Å². The molecule has 0 amide bonds. The van der Waals surface area contributed by atoms with Gasteiger partial charge in [-0.15, -0.1) is 11.6 Å². The maximum atomic E-state index is 5.92. The average molecular weight is 307 g/mol. The summed E-state index contributed by atoms with van der Waals surface area (Å²) in [7, 11) is 0. The number of hydrogen-bond acceptors (Lipinski definition) is 0. The zero-order valence-corrected chi connectivity index (χ0v) is 11.5. The highest BCUT2D eigenvalue weighted by atomic mass is 35.6. The van der Waals surface area contributed by atoms with Gasteiger partial charge in [-0.1, -0.05) is 77.8 Å². The molecule has 0 saturated heterocycles. The molecule has 0 heterocycles. The van der Waals surface area contributed by atoms with Crippen LogP contribution in [0.3, 0.4) is 0 Å². The second kappa shape index (κ2) is 5.72. The summed E-state index contributed by atoms with van der Waals surface area (Å²) in [6, 6.07) is 0. The van der Waals surface area contributed by atoms with Crippen molar-refractivity contribution < 1.29 is 0 Å². The van der Waals surface area contributed by atoms with Crippen molar-refractivity contribution in [3.05, 3.63) is 0 Å². The molecule has 1 unspecified atom stereocenters. The van der Waals surface area contributed by atoms with Gasteiger partial charge >= 0.3 is 0 Å². The van der Waals surface area contributed by atoms with E-state index < -0.39 is 13.5 Å². The largest absolute Gasteiger partial charge is 0.224 e. The summed E-state index contributed by atoms with van der Waals surface area (Å²) >= 11 is 34.3. The standard InChI is InChI=1S/C7H10Cl6/c1-2-3-4-5(8)6(9,10)7(11,12)13/h5H,2-4H2,1H3. The topological polar surface area (TPSA) is 0 Å². The molecule has 6 heteroatoms. The Morgan fingerprint density at radius 1 is 1.08 bits per heavy atom. The molecule has 0 bridgehead atoms. The van der Waals surface area contributed by atoms with Crippen molar-refractivity contribution in [3.63, 3.8) is 0 Å². The summed E-state index contributed by atoms with van der Waals surface area (Å²) in [6.07, 6.45) is 2.52. The van der Waals surface area contributed by atoms with Gasteiger partial charge in [-0.25, -0.2) is 0 Å². The predicted molar refractivity (Wildman–Crippen MR) is 63.9 cm³/mol. The lowest BCUT2D eigenvalue weighted by atomic mass is 10.1. The minimum absolute atomic E-state index is 0.566. The summed E-state index contributed by atoms with van der Waals surface area (Å²) in [5.74, 6) is 0. The van der Waals surface area contributed by atoms with Gasteiger partial charge in [-0.3, -0.25) is 0 Å². The highest BCUT2D eigenvalue weighted by molar-refractivity contribution is 6.76. The first kappa shape index (κ1) is 14.7. The molecular formula is C7H10Cl6. The van der Waals surface area contributed by atoms with Crippen molar-refractivity contribution in [1.82, 2.24) is 0 Å². The Balaban J connectivity index is 4.27. The van der Waals surface area contributed by atoms with Gasteiger partial charge in [0.05, 0.1) is 5.38 Å². The van der Waals surface area contributed by atoms with Gasteiger partial charge in [-0.05, 0) is 6.42 Å². The fourth-order valence-electron chi connectivity index (χ4n) is 0.742. The van der Waals surface area contributed by atoms with E-state index in [1.807, 2.05) is 6.92 Å². The highest BCUT2D eigenvalue weighted by Crippen LogP contribution is 2.50. The fourth-order valence-corrected chi connectivity index (χ4v) is 1.84. The van der Waals surface area contributed by atoms with Crippen molar-refractivity contribution in [3.8, 4) is 0 Å². The third-order valence-corrected chi connectivity index (χ3v) is 4.92. The Labute approximate surface area is 109 Å². The monoisotopic (exact) mass is 304 g/mol. The molecule has 0 nitrogen and oxygen atoms in total. The summed E-state index contributed by atoms with van der Waals surface area (Å²) in [6.45, 7) is 2.03. The van der Waals surface area contributed by atoms with Crippen molar-refractivity contribution in [1.29, 1.82) is 0 Å². The van der Waals surface area contributed by atoms with Crippen molar-refractivity contribution in [2.45, 2.75) is 39.7 Å². The molecule has 0 N–H and O–H groups in total. The third kappa shape index (κ3) is 4.40. The minimum atomic E-state index is -1.77. The zero-order chi connectivity index (χ0) is 10.7. The van der Waals surface area contributed by atoms with Crippen molar-refractivity contribution >= 4 is 69.6 Å². The first-order valence-electron chi connectivity index (χ1n) is 3.82. The number of halogens is 6. The molecule has 1 atom stereocenters. The molecule has 0 rings (SSSR count). The van der Waals surface area contributed by atoms with Crippen LogP contribution in [0.4, 0.5) is 0 Å². The summed E-state index contributed by atoms with van der Waals surface area (Å²) < 4.78 is -3.31. The van der Waals surface area contributed by atoms with E-state index in [2.05, 4.69) is 0 Å². The van der Waals surface area contributed by atoms with Gasteiger partial charge in [0.15, 0.2) is 4.33 Å². The average Bonchev–Trinajstić information content (AvgIpc) is 1.97. The smallest absolute Gasteiger partial charge is 0.120 e. The van der Waals surface area contributed by atoms with E-state index in [9.17, 15) is 0 Å². The van der Waals surface area contributed by atoms with E-state index >= 15 is 0 Å². The van der Waals surface area contributed by atoms with Gasteiger partial charge in [-0.2, -0.15) is 0 Å². The SMILES string of the molecule is CCCCC(Cl)C(Cl)(Cl)C(Cl)(Cl)Cl. The van der Waals surface area contributed by atoms with Gasteiger partial charge in [0.25, 0.3) is 0 Å². The molecule has 13 heavy (non-hydrogen) atoms. The van der Waals surface area contributed by atoms with Crippen LogP contribution < -0.4 is 0 Å². The lowest BCUT2D eigenvalue weighted by Crippen LogP contribution is -2.40. The lowest BCUT2D eigenvalue weighted by Gasteiger charge is -2.31. The second-order valence-electron chi connectivity index (χ2n) is 2.73. The van der Waals surface area contributed by atoms with Crippen LogP contribution >= 0.6 is 69.6 Å². The summed E-state index contributed by atoms with van der Waals surface area (Å²) in [5, 5.41) is -0.566. The number of hydrogen-bond donors (Lipinski definition) is 0. The molecule has 0 spiro atoms. The molecule has 0 fully saturated rings. The van der Waals surface area contributed by atoms with Crippen molar-refractivity contribution in [2.24, 2.45) is 0 Å². The lowest BCUT2D eigenvalue weighted by molar-refractivity contribution is 0.621. The molecule has 0 aromatic heterocycles. The maximum Gasteiger partial charge on any atom is 0.224 e. The van der Waals surface area contributed by atoms with E-state index in [4.69, 9.17) is 69.6 Å². The Morgan fingerprint density at radius 3 is 1.85 bits per heavy atom. The Kier molecular flexibility index (Phi) is 6.49. The molecule has 80 valence electrons. The van der Waals surface area contributed by atoms with E-state index in [1.165, 1.54) is 0 Å². The maximum absolute atomic E-state index is 5.92. The second-order valence-corrected chi connectivity index (χ2v) is 6.92. The fraction of sp³-hybridized carbons (Fsp3) is 1.00. The van der Waals surface area contributed by atoms with E-state index in [1.54, 1.807) is 0 Å². The van der Waals surface area contributed by atoms with Crippen LogP contribution in [0.2, 0.25) is 0 Å². The minimum Gasteiger partial charge on any atom is -0.120 e. The van der Waals surface area contributed by atoms with Gasteiger partial charge in [0, 0.05) is 0 Å². The Morgan fingerprint density at radius 2 is 1.54 bits per heavy atom. The van der Waals surface area contributed by atoms with Gasteiger partial charge < -0.3 is 0 Å². The van der Waals surface area contributed by atoms with Crippen LogP contribution in [0.15, 0.2) is 0 Å². The summed E-state index contributed by atoms with van der Waals surface area (Å²) in [4.78, 5) is 0.